The highest BCUT2D eigenvalue weighted by atomic mass is 35.5. The Balaban J connectivity index is 2.09. The number of hydrogen-bond donors (Lipinski definition) is 1. The van der Waals surface area contributed by atoms with E-state index in [2.05, 4.69) is 0 Å². The molecule has 1 fully saturated rings. The first-order valence-corrected chi connectivity index (χ1v) is 7.19. The predicted octanol–water partition coefficient (Wildman–Crippen LogP) is 2.22. The van der Waals surface area contributed by atoms with E-state index in [1.807, 2.05) is 11.9 Å². The molecular formula is C14H19ClN2O4. The summed E-state index contributed by atoms with van der Waals surface area (Å²) in [4.78, 5) is 12.5. The molecule has 0 unspecified atom stereocenters. The van der Waals surface area contributed by atoms with Crippen molar-refractivity contribution in [1.82, 2.24) is 4.90 Å². The summed E-state index contributed by atoms with van der Waals surface area (Å²) < 4.78 is 5.25. The molecule has 1 saturated heterocycles. The Morgan fingerprint density at radius 2 is 2.14 bits per heavy atom. The minimum Gasteiger partial charge on any atom is -0.388 e. The van der Waals surface area contributed by atoms with E-state index in [4.69, 9.17) is 16.3 Å². The predicted molar refractivity (Wildman–Crippen MR) is 79.4 cm³/mol. The van der Waals surface area contributed by atoms with Gasteiger partial charge in [0.05, 0.1) is 21.1 Å². The number of nitro groups is 1. The van der Waals surface area contributed by atoms with Gasteiger partial charge < -0.3 is 9.84 Å². The van der Waals surface area contributed by atoms with Crippen LogP contribution in [0.4, 0.5) is 5.69 Å². The number of hydrogen-bond acceptors (Lipinski definition) is 5. The van der Waals surface area contributed by atoms with Crippen molar-refractivity contribution in [3.05, 3.63) is 38.9 Å². The van der Waals surface area contributed by atoms with Crippen LogP contribution in [0.3, 0.4) is 0 Å². The summed E-state index contributed by atoms with van der Waals surface area (Å²) in [5, 5.41) is 21.9. The largest absolute Gasteiger partial charge is 0.388 e. The number of ether oxygens (including phenoxy) is 1. The molecule has 1 N–H and O–H groups in total. The Morgan fingerprint density at radius 3 is 2.76 bits per heavy atom. The van der Waals surface area contributed by atoms with E-state index in [1.54, 1.807) is 12.1 Å². The van der Waals surface area contributed by atoms with Crippen LogP contribution in [0.15, 0.2) is 18.2 Å². The molecule has 0 saturated carbocycles. The molecule has 0 spiro atoms. The van der Waals surface area contributed by atoms with Crippen molar-refractivity contribution >= 4 is 17.3 Å². The van der Waals surface area contributed by atoms with Crippen LogP contribution in [0.5, 0.6) is 0 Å². The maximum atomic E-state index is 11.1. The molecule has 116 valence electrons. The third-order valence-corrected chi connectivity index (χ3v) is 4.06. The number of rotatable bonds is 5. The Kier molecular flexibility index (Phi) is 5.16. The zero-order chi connectivity index (χ0) is 15.5. The van der Waals surface area contributed by atoms with Crippen LogP contribution in [-0.2, 0) is 11.3 Å². The minimum absolute atomic E-state index is 0.00770. The first-order chi connectivity index (χ1) is 9.91. The maximum absolute atomic E-state index is 11.1. The molecular weight excluding hydrogens is 296 g/mol. The summed E-state index contributed by atoms with van der Waals surface area (Å²) >= 11 is 6.08. The third kappa shape index (κ3) is 4.14. The summed E-state index contributed by atoms with van der Waals surface area (Å²) in [5.74, 6) is 0. The minimum atomic E-state index is -0.803. The molecule has 2 rings (SSSR count). The highest BCUT2D eigenvalue weighted by molar-refractivity contribution is 6.31. The van der Waals surface area contributed by atoms with Crippen molar-refractivity contribution < 1.29 is 14.8 Å². The standard InChI is InChI=1S/C14H19ClN2O4/c1-16(10-14(18)5-7-21-8-6-14)9-11-12(15)3-2-4-13(11)17(19)20/h2-4,18H,5-10H2,1H3. The number of nitro benzene ring substituents is 1. The van der Waals surface area contributed by atoms with Gasteiger partial charge in [-0.25, -0.2) is 0 Å². The molecule has 1 aliphatic heterocycles. The van der Waals surface area contributed by atoms with Gasteiger partial charge in [-0.15, -0.1) is 0 Å². The lowest BCUT2D eigenvalue weighted by molar-refractivity contribution is -0.385. The third-order valence-electron chi connectivity index (χ3n) is 3.71. The van der Waals surface area contributed by atoms with Gasteiger partial charge in [0, 0.05) is 45.2 Å². The Labute approximate surface area is 128 Å². The average Bonchev–Trinajstić information content (AvgIpc) is 2.41. The Bertz CT molecular complexity index is 518. The fourth-order valence-electron chi connectivity index (χ4n) is 2.61. The molecule has 1 aromatic rings. The molecule has 1 heterocycles. The van der Waals surface area contributed by atoms with Gasteiger partial charge >= 0.3 is 0 Å². The summed E-state index contributed by atoms with van der Waals surface area (Å²) in [7, 11) is 1.82. The summed E-state index contributed by atoms with van der Waals surface area (Å²) in [5.41, 5.74) is -0.320. The second-order valence-corrected chi connectivity index (χ2v) is 5.91. The van der Waals surface area contributed by atoms with Crippen LogP contribution in [0.25, 0.3) is 0 Å². The molecule has 0 aliphatic carbocycles. The van der Waals surface area contributed by atoms with E-state index in [-0.39, 0.29) is 5.69 Å². The highest BCUT2D eigenvalue weighted by Crippen LogP contribution is 2.28. The Morgan fingerprint density at radius 1 is 1.48 bits per heavy atom. The van der Waals surface area contributed by atoms with Gasteiger partial charge in [-0.2, -0.15) is 0 Å². The van der Waals surface area contributed by atoms with Crippen LogP contribution < -0.4 is 0 Å². The molecule has 6 nitrogen and oxygen atoms in total. The summed E-state index contributed by atoms with van der Waals surface area (Å²) in [6.07, 6.45) is 1.14. The van der Waals surface area contributed by atoms with E-state index >= 15 is 0 Å². The van der Waals surface area contributed by atoms with Gasteiger partial charge in [0.25, 0.3) is 5.69 Å². The van der Waals surface area contributed by atoms with Crippen molar-refractivity contribution in [3.8, 4) is 0 Å². The fourth-order valence-corrected chi connectivity index (χ4v) is 2.84. The molecule has 7 heteroatoms. The normalized spacial score (nSPS) is 17.9. The number of likely N-dealkylation sites (N-methyl/N-ethyl adjacent to an activating group) is 1. The number of benzene rings is 1. The van der Waals surface area contributed by atoms with Gasteiger partial charge in [-0.05, 0) is 13.1 Å². The van der Waals surface area contributed by atoms with E-state index in [0.29, 0.717) is 49.7 Å². The molecule has 1 aliphatic rings. The zero-order valence-corrected chi connectivity index (χ0v) is 12.7. The van der Waals surface area contributed by atoms with Crippen LogP contribution in [0, 0.1) is 10.1 Å². The maximum Gasteiger partial charge on any atom is 0.275 e. The molecule has 0 atom stereocenters. The number of halogens is 1. The lowest BCUT2D eigenvalue weighted by Gasteiger charge is -2.35. The summed E-state index contributed by atoms with van der Waals surface area (Å²) in [6, 6.07) is 4.65. The van der Waals surface area contributed by atoms with Crippen molar-refractivity contribution in [1.29, 1.82) is 0 Å². The SMILES string of the molecule is CN(Cc1c(Cl)cccc1[N+](=O)[O-])CC1(O)CCOCC1. The van der Waals surface area contributed by atoms with E-state index in [9.17, 15) is 15.2 Å². The van der Waals surface area contributed by atoms with Crippen molar-refractivity contribution in [2.24, 2.45) is 0 Å². The lowest BCUT2D eigenvalue weighted by Crippen LogP contribution is -2.45. The van der Waals surface area contributed by atoms with Crippen molar-refractivity contribution in [2.45, 2.75) is 25.0 Å². The lowest BCUT2D eigenvalue weighted by atomic mass is 9.94. The van der Waals surface area contributed by atoms with Crippen LogP contribution in [-0.4, -0.2) is 47.3 Å². The molecule has 0 amide bonds. The van der Waals surface area contributed by atoms with Crippen LogP contribution in [0.2, 0.25) is 5.02 Å². The van der Waals surface area contributed by atoms with E-state index < -0.39 is 10.5 Å². The molecule has 1 aromatic carbocycles. The van der Waals surface area contributed by atoms with Gasteiger partial charge in [0.15, 0.2) is 0 Å². The first kappa shape index (κ1) is 16.2. The molecule has 0 radical (unpaired) electrons. The second kappa shape index (κ2) is 6.70. The quantitative estimate of drug-likeness (QED) is 0.666. The van der Waals surface area contributed by atoms with Crippen molar-refractivity contribution in [3.63, 3.8) is 0 Å². The monoisotopic (exact) mass is 314 g/mol. The van der Waals surface area contributed by atoms with Gasteiger partial charge in [0.2, 0.25) is 0 Å². The van der Waals surface area contributed by atoms with E-state index in [0.717, 1.165) is 0 Å². The fraction of sp³-hybridized carbons (Fsp3) is 0.571. The van der Waals surface area contributed by atoms with Crippen LogP contribution >= 0.6 is 11.6 Å². The highest BCUT2D eigenvalue weighted by Gasteiger charge is 2.31. The molecule has 0 bridgehead atoms. The van der Waals surface area contributed by atoms with Gasteiger partial charge in [0.1, 0.15) is 0 Å². The zero-order valence-electron chi connectivity index (χ0n) is 11.9. The van der Waals surface area contributed by atoms with Crippen LogP contribution in [0.1, 0.15) is 18.4 Å². The topological polar surface area (TPSA) is 75.8 Å². The summed E-state index contributed by atoms with van der Waals surface area (Å²) in [6.45, 7) is 1.82. The molecule has 0 aromatic heterocycles. The first-order valence-electron chi connectivity index (χ1n) is 6.82. The van der Waals surface area contributed by atoms with Crippen molar-refractivity contribution in [2.75, 3.05) is 26.8 Å². The average molecular weight is 315 g/mol. The smallest absolute Gasteiger partial charge is 0.275 e. The number of nitrogens with zero attached hydrogens (tertiary/aromatic N) is 2. The molecule has 21 heavy (non-hydrogen) atoms. The Hall–Kier alpha value is -1.21. The van der Waals surface area contributed by atoms with Gasteiger partial charge in [-0.1, -0.05) is 17.7 Å². The number of aliphatic hydroxyl groups is 1. The van der Waals surface area contributed by atoms with E-state index in [1.165, 1.54) is 6.07 Å². The second-order valence-electron chi connectivity index (χ2n) is 5.50. The van der Waals surface area contributed by atoms with Gasteiger partial charge in [-0.3, -0.25) is 15.0 Å².